The molecule has 0 saturated carbocycles. The molecule has 2 rings (SSSR count). The highest BCUT2D eigenvalue weighted by Crippen LogP contribution is 2.36. The first-order valence-electron chi connectivity index (χ1n) is 10.2. The number of anilines is 1. The molecule has 1 N–H and O–H groups in total. The summed E-state index contributed by atoms with van der Waals surface area (Å²) in [6.07, 6.45) is 0.491. The van der Waals surface area contributed by atoms with Crippen molar-refractivity contribution in [3.05, 3.63) is 64.7 Å². The van der Waals surface area contributed by atoms with Gasteiger partial charge in [-0.2, -0.15) is 0 Å². The lowest BCUT2D eigenvalue weighted by Gasteiger charge is -2.23. The van der Waals surface area contributed by atoms with Gasteiger partial charge < -0.3 is 5.32 Å². The Balaban J connectivity index is 2.32. The number of carbonyl (C=O) groups is 1. The van der Waals surface area contributed by atoms with Crippen LogP contribution in [-0.2, 0) is 4.79 Å². The molecule has 146 valence electrons. The minimum Gasteiger partial charge on any atom is -0.326 e. The standard InChI is InChI=1S/C25H35NO/c1-16(2)21-14-22(17(3)4)25(23(15-21)18(5)6)26-24(27)13-19(7)20-11-9-8-10-12-20/h8-12,14-19H,13H2,1-7H3,(H,26,27). The number of benzene rings is 2. The van der Waals surface area contributed by atoms with Crippen LogP contribution in [-0.4, -0.2) is 5.91 Å². The van der Waals surface area contributed by atoms with Crippen molar-refractivity contribution in [1.82, 2.24) is 0 Å². The molecule has 2 aromatic rings. The van der Waals surface area contributed by atoms with Crippen molar-refractivity contribution in [2.45, 2.75) is 78.6 Å². The van der Waals surface area contributed by atoms with Gasteiger partial charge in [-0.25, -0.2) is 0 Å². The molecule has 0 aliphatic rings. The Morgan fingerprint density at radius 1 is 0.778 bits per heavy atom. The zero-order valence-electron chi connectivity index (χ0n) is 18.0. The van der Waals surface area contributed by atoms with Crippen LogP contribution in [0.15, 0.2) is 42.5 Å². The summed E-state index contributed by atoms with van der Waals surface area (Å²) in [6.45, 7) is 15.4. The Hall–Kier alpha value is -2.09. The van der Waals surface area contributed by atoms with E-state index in [4.69, 9.17) is 0 Å². The molecule has 0 aliphatic heterocycles. The second kappa shape index (κ2) is 9.21. The molecule has 0 heterocycles. The van der Waals surface area contributed by atoms with E-state index in [0.717, 1.165) is 5.69 Å². The Morgan fingerprint density at radius 3 is 1.74 bits per heavy atom. The number of rotatable bonds is 7. The first-order chi connectivity index (χ1) is 12.7. The largest absolute Gasteiger partial charge is 0.326 e. The lowest BCUT2D eigenvalue weighted by Crippen LogP contribution is -2.18. The van der Waals surface area contributed by atoms with Gasteiger partial charge in [0, 0.05) is 12.1 Å². The third-order valence-electron chi connectivity index (χ3n) is 5.26. The second-order valence-corrected chi connectivity index (χ2v) is 8.60. The van der Waals surface area contributed by atoms with Crippen LogP contribution in [0.1, 0.15) is 101 Å². The van der Waals surface area contributed by atoms with E-state index in [9.17, 15) is 4.79 Å². The highest BCUT2D eigenvalue weighted by Gasteiger charge is 2.20. The fraction of sp³-hybridized carbons (Fsp3) is 0.480. The predicted octanol–water partition coefficient (Wildman–Crippen LogP) is 7.19. The maximum absolute atomic E-state index is 12.9. The third kappa shape index (κ3) is 5.45. The molecule has 2 nitrogen and oxygen atoms in total. The molecular weight excluding hydrogens is 330 g/mol. The van der Waals surface area contributed by atoms with Crippen LogP contribution in [0, 0.1) is 0 Å². The van der Waals surface area contributed by atoms with E-state index >= 15 is 0 Å². The van der Waals surface area contributed by atoms with E-state index in [0.29, 0.717) is 24.2 Å². The van der Waals surface area contributed by atoms with Crippen LogP contribution in [0.4, 0.5) is 5.69 Å². The highest BCUT2D eigenvalue weighted by molar-refractivity contribution is 5.93. The Kier molecular flexibility index (Phi) is 7.24. The number of hydrogen-bond donors (Lipinski definition) is 1. The zero-order valence-corrected chi connectivity index (χ0v) is 18.0. The molecule has 1 amide bonds. The molecule has 0 bridgehead atoms. The van der Waals surface area contributed by atoms with Gasteiger partial charge in [0.2, 0.25) is 5.91 Å². The second-order valence-electron chi connectivity index (χ2n) is 8.60. The first kappa shape index (κ1) is 21.2. The molecule has 2 aromatic carbocycles. The van der Waals surface area contributed by atoms with Gasteiger partial charge in [-0.15, -0.1) is 0 Å². The van der Waals surface area contributed by atoms with E-state index in [1.807, 2.05) is 18.2 Å². The fourth-order valence-electron chi connectivity index (χ4n) is 3.47. The monoisotopic (exact) mass is 365 g/mol. The van der Waals surface area contributed by atoms with E-state index in [1.54, 1.807) is 0 Å². The van der Waals surface area contributed by atoms with Gasteiger partial charge in [0.1, 0.15) is 0 Å². The van der Waals surface area contributed by atoms with E-state index in [1.165, 1.54) is 22.3 Å². The summed E-state index contributed by atoms with van der Waals surface area (Å²) < 4.78 is 0. The Bertz CT molecular complexity index is 730. The number of amides is 1. The topological polar surface area (TPSA) is 29.1 Å². The van der Waals surface area contributed by atoms with Gasteiger partial charge in [0.15, 0.2) is 0 Å². The molecule has 27 heavy (non-hydrogen) atoms. The van der Waals surface area contributed by atoms with E-state index in [2.05, 4.69) is 78.0 Å². The van der Waals surface area contributed by atoms with Gasteiger partial charge in [-0.1, -0.05) is 90.9 Å². The number of hydrogen-bond acceptors (Lipinski definition) is 1. The number of nitrogens with one attached hydrogen (secondary N) is 1. The first-order valence-corrected chi connectivity index (χ1v) is 10.2. The summed E-state index contributed by atoms with van der Waals surface area (Å²) in [7, 11) is 0. The van der Waals surface area contributed by atoms with Crippen LogP contribution < -0.4 is 5.32 Å². The number of carbonyl (C=O) groups excluding carboxylic acids is 1. The third-order valence-corrected chi connectivity index (χ3v) is 5.26. The quantitative estimate of drug-likeness (QED) is 0.552. The van der Waals surface area contributed by atoms with Crippen molar-refractivity contribution in [3.63, 3.8) is 0 Å². The molecule has 0 aromatic heterocycles. The molecule has 2 heteroatoms. The maximum atomic E-state index is 12.9. The van der Waals surface area contributed by atoms with Crippen LogP contribution in [0.5, 0.6) is 0 Å². The summed E-state index contributed by atoms with van der Waals surface area (Å²) in [5, 5.41) is 3.27. The molecule has 0 spiro atoms. The molecule has 0 aliphatic carbocycles. The summed E-state index contributed by atoms with van der Waals surface area (Å²) in [5.74, 6) is 1.49. The van der Waals surface area contributed by atoms with Crippen molar-refractivity contribution in [2.75, 3.05) is 5.32 Å². The van der Waals surface area contributed by atoms with Gasteiger partial charge in [0.25, 0.3) is 0 Å². The summed E-state index contributed by atoms with van der Waals surface area (Å²) in [5.41, 5.74) is 6.06. The van der Waals surface area contributed by atoms with Crippen molar-refractivity contribution in [2.24, 2.45) is 0 Å². The minimum atomic E-state index is 0.0902. The summed E-state index contributed by atoms with van der Waals surface area (Å²) in [6, 6.07) is 14.8. The van der Waals surface area contributed by atoms with Crippen LogP contribution in [0.3, 0.4) is 0 Å². The lowest BCUT2D eigenvalue weighted by molar-refractivity contribution is -0.116. The van der Waals surface area contributed by atoms with Gasteiger partial charge in [0.05, 0.1) is 0 Å². The van der Waals surface area contributed by atoms with Gasteiger partial charge >= 0.3 is 0 Å². The molecular formula is C25H35NO. The van der Waals surface area contributed by atoms with Crippen molar-refractivity contribution in [3.8, 4) is 0 Å². The summed E-state index contributed by atoms with van der Waals surface area (Å²) in [4.78, 5) is 12.9. The molecule has 1 atom stereocenters. The molecule has 1 unspecified atom stereocenters. The van der Waals surface area contributed by atoms with E-state index in [-0.39, 0.29) is 11.8 Å². The molecule has 0 fully saturated rings. The Morgan fingerprint density at radius 2 is 1.30 bits per heavy atom. The van der Waals surface area contributed by atoms with Gasteiger partial charge in [-0.3, -0.25) is 4.79 Å². The highest BCUT2D eigenvalue weighted by atomic mass is 16.1. The smallest absolute Gasteiger partial charge is 0.224 e. The molecule has 0 radical (unpaired) electrons. The van der Waals surface area contributed by atoms with Crippen LogP contribution in [0.25, 0.3) is 0 Å². The van der Waals surface area contributed by atoms with Crippen LogP contribution in [0.2, 0.25) is 0 Å². The average molecular weight is 366 g/mol. The SMILES string of the molecule is CC(C)c1cc(C(C)C)c(NC(=O)CC(C)c2ccccc2)c(C(C)C)c1. The normalized spacial score (nSPS) is 12.7. The van der Waals surface area contributed by atoms with Crippen molar-refractivity contribution < 1.29 is 4.79 Å². The fourth-order valence-corrected chi connectivity index (χ4v) is 3.47. The van der Waals surface area contributed by atoms with Crippen LogP contribution >= 0.6 is 0 Å². The minimum absolute atomic E-state index is 0.0902. The summed E-state index contributed by atoms with van der Waals surface area (Å²) >= 11 is 0. The zero-order chi connectivity index (χ0) is 20.1. The maximum Gasteiger partial charge on any atom is 0.224 e. The average Bonchev–Trinajstić information content (AvgIpc) is 2.61. The van der Waals surface area contributed by atoms with Crippen molar-refractivity contribution >= 4 is 11.6 Å². The van der Waals surface area contributed by atoms with Gasteiger partial charge in [-0.05, 0) is 45.9 Å². The molecule has 0 saturated heterocycles. The predicted molar refractivity (Wildman–Crippen MR) is 117 cm³/mol. The van der Waals surface area contributed by atoms with E-state index < -0.39 is 0 Å². The lowest BCUT2D eigenvalue weighted by atomic mass is 9.87. The Labute approximate surface area is 165 Å². The van der Waals surface area contributed by atoms with Crippen molar-refractivity contribution in [1.29, 1.82) is 0 Å².